The molecule has 136 valence electrons. The molecular formula is C20H25N5O. The van der Waals surface area contributed by atoms with E-state index in [2.05, 4.69) is 27.7 Å². The fraction of sp³-hybridized carbons (Fsp3) is 0.450. The molecule has 1 amide bonds. The fourth-order valence-electron chi connectivity index (χ4n) is 3.87. The zero-order valence-electron chi connectivity index (χ0n) is 15.2. The second-order valence-corrected chi connectivity index (χ2v) is 6.96. The molecule has 1 unspecified atom stereocenters. The Morgan fingerprint density at radius 1 is 1.19 bits per heavy atom. The summed E-state index contributed by atoms with van der Waals surface area (Å²) in [6.07, 6.45) is 2.72. The number of anilines is 1. The van der Waals surface area contributed by atoms with E-state index in [0.29, 0.717) is 0 Å². The van der Waals surface area contributed by atoms with E-state index in [0.717, 1.165) is 68.3 Å². The second kappa shape index (κ2) is 7.41. The van der Waals surface area contributed by atoms with Crippen molar-refractivity contribution in [2.45, 2.75) is 19.3 Å². The summed E-state index contributed by atoms with van der Waals surface area (Å²) < 4.78 is 0. The summed E-state index contributed by atoms with van der Waals surface area (Å²) in [5, 5.41) is 6.24. The Balaban J connectivity index is 1.74. The Bertz CT molecular complexity index is 792. The molecule has 2 aliphatic rings. The number of fused-ring (bicyclic) bond motifs is 1. The van der Waals surface area contributed by atoms with Gasteiger partial charge in [0.15, 0.2) is 5.82 Å². The molecule has 6 heteroatoms. The second-order valence-electron chi connectivity index (χ2n) is 6.96. The van der Waals surface area contributed by atoms with Crippen LogP contribution in [-0.2, 0) is 17.6 Å². The van der Waals surface area contributed by atoms with Crippen LogP contribution < -0.4 is 15.5 Å². The quantitative estimate of drug-likeness (QED) is 0.875. The Labute approximate surface area is 154 Å². The van der Waals surface area contributed by atoms with Crippen LogP contribution in [0.15, 0.2) is 30.3 Å². The number of nitrogens with zero attached hydrogens (tertiary/aromatic N) is 3. The van der Waals surface area contributed by atoms with Crippen molar-refractivity contribution in [2.24, 2.45) is 5.92 Å². The highest BCUT2D eigenvalue weighted by molar-refractivity contribution is 5.79. The lowest BCUT2D eigenvalue weighted by molar-refractivity contribution is -0.123. The van der Waals surface area contributed by atoms with Crippen molar-refractivity contribution in [3.8, 4) is 11.4 Å². The summed E-state index contributed by atoms with van der Waals surface area (Å²) in [4.78, 5) is 24.2. The van der Waals surface area contributed by atoms with E-state index in [1.54, 1.807) is 7.05 Å². The summed E-state index contributed by atoms with van der Waals surface area (Å²) in [5.41, 5.74) is 3.42. The molecular weight excluding hydrogens is 326 g/mol. The van der Waals surface area contributed by atoms with Gasteiger partial charge in [0.2, 0.25) is 5.91 Å². The van der Waals surface area contributed by atoms with Crippen molar-refractivity contribution in [3.63, 3.8) is 0 Å². The predicted molar refractivity (Wildman–Crippen MR) is 102 cm³/mol. The molecule has 1 aromatic carbocycles. The molecule has 1 saturated heterocycles. The van der Waals surface area contributed by atoms with Crippen molar-refractivity contribution >= 4 is 11.7 Å². The Hall–Kier alpha value is -2.47. The summed E-state index contributed by atoms with van der Waals surface area (Å²) in [6, 6.07) is 10.1. The monoisotopic (exact) mass is 351 g/mol. The molecule has 6 nitrogen and oxygen atoms in total. The zero-order valence-corrected chi connectivity index (χ0v) is 15.2. The third-order valence-corrected chi connectivity index (χ3v) is 5.30. The predicted octanol–water partition coefficient (Wildman–Crippen LogP) is 1.40. The zero-order chi connectivity index (χ0) is 17.9. The number of aromatic nitrogens is 2. The van der Waals surface area contributed by atoms with E-state index in [-0.39, 0.29) is 11.8 Å². The molecule has 0 saturated carbocycles. The highest BCUT2D eigenvalue weighted by atomic mass is 16.1. The maximum Gasteiger partial charge on any atom is 0.224 e. The third-order valence-electron chi connectivity index (χ3n) is 5.30. The molecule has 2 aliphatic heterocycles. The molecule has 1 atom stereocenters. The minimum absolute atomic E-state index is 0.0368. The van der Waals surface area contributed by atoms with E-state index in [9.17, 15) is 4.79 Å². The maximum atomic E-state index is 12.0. The summed E-state index contributed by atoms with van der Waals surface area (Å²) >= 11 is 0. The standard InChI is InChI=1S/C20H25N5O/c1-21-20(26)15-9-12-25(13-15)19-16-7-10-22-11-8-17(16)23-18(24-19)14-5-3-2-4-6-14/h2-6,15,22H,7-13H2,1H3,(H,21,26). The molecule has 0 bridgehead atoms. The number of carbonyl (C=O) groups is 1. The van der Waals surface area contributed by atoms with Crippen molar-refractivity contribution in [1.82, 2.24) is 20.6 Å². The molecule has 2 N–H and O–H groups in total. The summed E-state index contributed by atoms with van der Waals surface area (Å²) in [5.74, 6) is 1.96. The van der Waals surface area contributed by atoms with Crippen LogP contribution in [0.2, 0.25) is 0 Å². The third kappa shape index (κ3) is 3.29. The van der Waals surface area contributed by atoms with E-state index in [1.807, 2.05) is 18.2 Å². The minimum Gasteiger partial charge on any atom is -0.359 e. The minimum atomic E-state index is 0.0368. The van der Waals surface area contributed by atoms with Gasteiger partial charge in [-0.3, -0.25) is 4.79 Å². The van der Waals surface area contributed by atoms with Crippen LogP contribution in [0.4, 0.5) is 5.82 Å². The van der Waals surface area contributed by atoms with Crippen molar-refractivity contribution in [3.05, 3.63) is 41.6 Å². The smallest absolute Gasteiger partial charge is 0.224 e. The van der Waals surface area contributed by atoms with Gasteiger partial charge in [0, 0.05) is 44.2 Å². The molecule has 26 heavy (non-hydrogen) atoms. The first-order chi connectivity index (χ1) is 12.8. The first-order valence-electron chi connectivity index (χ1n) is 9.38. The molecule has 0 radical (unpaired) electrons. The van der Waals surface area contributed by atoms with E-state index < -0.39 is 0 Å². The number of hydrogen-bond donors (Lipinski definition) is 2. The van der Waals surface area contributed by atoms with Gasteiger partial charge in [-0.25, -0.2) is 9.97 Å². The van der Waals surface area contributed by atoms with Crippen LogP contribution in [0.3, 0.4) is 0 Å². The van der Waals surface area contributed by atoms with Crippen LogP contribution in [-0.4, -0.2) is 49.1 Å². The first-order valence-corrected chi connectivity index (χ1v) is 9.38. The first kappa shape index (κ1) is 17.0. The number of amides is 1. The van der Waals surface area contributed by atoms with E-state index >= 15 is 0 Å². The average molecular weight is 351 g/mol. The van der Waals surface area contributed by atoms with Crippen LogP contribution in [0.1, 0.15) is 17.7 Å². The van der Waals surface area contributed by atoms with E-state index in [1.165, 1.54) is 5.56 Å². The van der Waals surface area contributed by atoms with Crippen LogP contribution in [0.5, 0.6) is 0 Å². The maximum absolute atomic E-state index is 12.0. The SMILES string of the molecule is CNC(=O)C1CCN(c2nc(-c3ccccc3)nc3c2CCNCC3)C1. The van der Waals surface area contributed by atoms with Crippen molar-refractivity contribution < 1.29 is 4.79 Å². The van der Waals surface area contributed by atoms with Gasteiger partial charge < -0.3 is 15.5 Å². The van der Waals surface area contributed by atoms with Gasteiger partial charge in [-0.1, -0.05) is 30.3 Å². The highest BCUT2D eigenvalue weighted by Crippen LogP contribution is 2.30. The van der Waals surface area contributed by atoms with Crippen LogP contribution in [0.25, 0.3) is 11.4 Å². The number of nitrogens with one attached hydrogen (secondary N) is 2. The van der Waals surface area contributed by atoms with Crippen LogP contribution >= 0.6 is 0 Å². The lowest BCUT2D eigenvalue weighted by atomic mass is 10.1. The fourth-order valence-corrected chi connectivity index (χ4v) is 3.87. The number of hydrogen-bond acceptors (Lipinski definition) is 5. The number of carbonyl (C=O) groups excluding carboxylic acids is 1. The summed E-state index contributed by atoms with van der Waals surface area (Å²) in [6.45, 7) is 3.48. The van der Waals surface area contributed by atoms with Gasteiger partial charge in [0.1, 0.15) is 5.82 Å². The molecule has 0 spiro atoms. The van der Waals surface area contributed by atoms with Gasteiger partial charge >= 0.3 is 0 Å². The van der Waals surface area contributed by atoms with E-state index in [4.69, 9.17) is 9.97 Å². The van der Waals surface area contributed by atoms with Crippen LogP contribution in [0, 0.1) is 5.92 Å². The molecule has 1 aromatic heterocycles. The molecule has 3 heterocycles. The molecule has 0 aliphatic carbocycles. The largest absolute Gasteiger partial charge is 0.359 e. The van der Waals surface area contributed by atoms with Crippen molar-refractivity contribution in [2.75, 3.05) is 38.1 Å². The molecule has 1 fully saturated rings. The Kier molecular flexibility index (Phi) is 4.84. The van der Waals surface area contributed by atoms with Gasteiger partial charge in [0.25, 0.3) is 0 Å². The molecule has 2 aromatic rings. The summed E-state index contributed by atoms with van der Waals surface area (Å²) in [7, 11) is 1.71. The normalized spacial score (nSPS) is 19.7. The number of benzene rings is 1. The number of rotatable bonds is 3. The lowest BCUT2D eigenvalue weighted by Crippen LogP contribution is -2.31. The lowest BCUT2D eigenvalue weighted by Gasteiger charge is -2.22. The molecule has 4 rings (SSSR count). The highest BCUT2D eigenvalue weighted by Gasteiger charge is 2.31. The van der Waals surface area contributed by atoms with Gasteiger partial charge in [-0.05, 0) is 19.4 Å². The van der Waals surface area contributed by atoms with Gasteiger partial charge in [-0.2, -0.15) is 0 Å². The Morgan fingerprint density at radius 2 is 2.00 bits per heavy atom. The topological polar surface area (TPSA) is 70.2 Å². The Morgan fingerprint density at radius 3 is 2.81 bits per heavy atom. The van der Waals surface area contributed by atoms with Crippen molar-refractivity contribution in [1.29, 1.82) is 0 Å². The van der Waals surface area contributed by atoms with Gasteiger partial charge in [-0.15, -0.1) is 0 Å². The van der Waals surface area contributed by atoms with Gasteiger partial charge in [0.05, 0.1) is 11.6 Å². The average Bonchev–Trinajstić information content (AvgIpc) is 3.06.